The number of rotatable bonds is 10. The predicted octanol–water partition coefficient (Wildman–Crippen LogP) is 2.16. The van der Waals surface area contributed by atoms with Gasteiger partial charge in [-0.2, -0.15) is 0 Å². The number of carbonyl (C=O) groups is 4. The molecule has 0 saturated carbocycles. The summed E-state index contributed by atoms with van der Waals surface area (Å²) < 4.78 is 9.87. The van der Waals surface area contributed by atoms with E-state index in [1.807, 2.05) is 60.7 Å². The van der Waals surface area contributed by atoms with Crippen LogP contribution in [0, 0.1) is 0 Å². The highest BCUT2D eigenvalue weighted by Crippen LogP contribution is 2.06. The maximum atomic E-state index is 12.8. The van der Waals surface area contributed by atoms with Gasteiger partial charge >= 0.3 is 12.1 Å². The van der Waals surface area contributed by atoms with Crippen LogP contribution in [0.15, 0.2) is 60.7 Å². The second-order valence-electron chi connectivity index (χ2n) is 6.76. The fourth-order valence-electron chi connectivity index (χ4n) is 2.72. The lowest BCUT2D eigenvalue weighted by molar-refractivity contribution is -0.154. The van der Waals surface area contributed by atoms with E-state index >= 15 is 0 Å². The second kappa shape index (κ2) is 12.1. The first-order valence-corrected chi connectivity index (χ1v) is 9.93. The predicted molar refractivity (Wildman–Crippen MR) is 113 cm³/mol. The molecule has 0 bridgehead atoms. The zero-order valence-corrected chi connectivity index (χ0v) is 17.5. The molecule has 0 radical (unpaired) electrons. The first-order valence-electron chi connectivity index (χ1n) is 9.93. The molecule has 8 nitrogen and oxygen atoms in total. The van der Waals surface area contributed by atoms with Crippen molar-refractivity contribution >= 4 is 23.8 Å². The Morgan fingerprint density at radius 2 is 1.42 bits per heavy atom. The summed E-state index contributed by atoms with van der Waals surface area (Å²) in [4.78, 5) is 48.7. The van der Waals surface area contributed by atoms with Gasteiger partial charge < -0.3 is 20.1 Å². The number of amides is 2. The van der Waals surface area contributed by atoms with Crippen LogP contribution in [-0.2, 0) is 36.9 Å². The van der Waals surface area contributed by atoms with Gasteiger partial charge in [0.25, 0.3) is 5.78 Å². The maximum absolute atomic E-state index is 12.8. The van der Waals surface area contributed by atoms with Gasteiger partial charge in [0.15, 0.2) is 0 Å². The van der Waals surface area contributed by atoms with E-state index in [1.165, 1.54) is 6.92 Å². The third kappa shape index (κ3) is 7.93. The lowest BCUT2D eigenvalue weighted by Gasteiger charge is -2.20. The van der Waals surface area contributed by atoms with E-state index in [2.05, 4.69) is 15.4 Å². The number of nitrogens with one attached hydrogen (secondary N) is 2. The molecule has 2 atom stereocenters. The first kappa shape index (κ1) is 23.6. The maximum Gasteiger partial charge on any atom is 0.408 e. The van der Waals surface area contributed by atoms with E-state index in [-0.39, 0.29) is 19.6 Å². The molecular formula is C23H26N2O6. The van der Waals surface area contributed by atoms with Gasteiger partial charge in [0.1, 0.15) is 12.6 Å². The smallest absolute Gasteiger partial charge is 0.408 e. The van der Waals surface area contributed by atoms with E-state index in [4.69, 9.17) is 4.74 Å². The quantitative estimate of drug-likeness (QED) is 0.445. The fraction of sp³-hybridized carbons (Fsp3) is 0.304. The number of hydrogen-bond acceptors (Lipinski definition) is 6. The van der Waals surface area contributed by atoms with Crippen LogP contribution < -0.4 is 10.6 Å². The monoisotopic (exact) mass is 426 g/mol. The minimum Gasteiger partial charge on any atom is -0.460 e. The normalized spacial score (nSPS) is 12.2. The molecule has 0 aliphatic heterocycles. The molecule has 1 unspecified atom stereocenters. The van der Waals surface area contributed by atoms with Crippen LogP contribution in [0.2, 0.25) is 0 Å². The summed E-state index contributed by atoms with van der Waals surface area (Å²) in [6, 6.07) is 16.1. The minimum atomic E-state index is -1.10. The molecule has 8 heteroatoms. The largest absolute Gasteiger partial charge is 0.460 e. The van der Waals surface area contributed by atoms with Crippen molar-refractivity contribution in [2.75, 3.05) is 6.61 Å². The molecule has 31 heavy (non-hydrogen) atoms. The number of Topliss-reactive ketones (excluding diaryl/α,β-unsaturated/α-hetero) is 1. The van der Waals surface area contributed by atoms with Gasteiger partial charge in [-0.1, -0.05) is 60.7 Å². The SMILES string of the molecule is CCOC(=O)C(=O)C(C)NC(=O)[C@H](Cc1ccccc1)NC(=O)OCc1ccccc1. The average molecular weight is 426 g/mol. The van der Waals surface area contributed by atoms with Crippen LogP contribution in [0.1, 0.15) is 25.0 Å². The number of ketones is 1. The van der Waals surface area contributed by atoms with E-state index in [0.29, 0.717) is 0 Å². The summed E-state index contributed by atoms with van der Waals surface area (Å²) in [7, 11) is 0. The van der Waals surface area contributed by atoms with Crippen LogP contribution in [0.4, 0.5) is 4.79 Å². The number of carbonyl (C=O) groups excluding carboxylic acids is 4. The van der Waals surface area contributed by atoms with Gasteiger partial charge in [-0.25, -0.2) is 9.59 Å². The number of hydrogen-bond donors (Lipinski definition) is 2. The lowest BCUT2D eigenvalue weighted by atomic mass is 10.0. The third-order valence-corrected chi connectivity index (χ3v) is 4.33. The molecule has 2 aromatic rings. The first-order chi connectivity index (χ1) is 14.9. The number of benzene rings is 2. The molecule has 0 heterocycles. The molecule has 0 aromatic heterocycles. The zero-order chi connectivity index (χ0) is 22.6. The van der Waals surface area contributed by atoms with Crippen molar-refractivity contribution < 1.29 is 28.7 Å². The van der Waals surface area contributed by atoms with Gasteiger partial charge in [-0.15, -0.1) is 0 Å². The molecule has 0 aliphatic carbocycles. The zero-order valence-electron chi connectivity index (χ0n) is 17.5. The van der Waals surface area contributed by atoms with Gasteiger partial charge in [0.05, 0.1) is 12.6 Å². The Kier molecular flexibility index (Phi) is 9.22. The number of alkyl carbamates (subject to hydrolysis) is 1. The van der Waals surface area contributed by atoms with Crippen molar-refractivity contribution in [1.82, 2.24) is 10.6 Å². The molecule has 0 saturated heterocycles. The molecule has 2 N–H and O–H groups in total. The summed E-state index contributed by atoms with van der Waals surface area (Å²) in [5.74, 6) is -2.52. The molecule has 0 aliphatic rings. The van der Waals surface area contributed by atoms with Crippen molar-refractivity contribution in [3.8, 4) is 0 Å². The lowest BCUT2D eigenvalue weighted by Crippen LogP contribution is -2.52. The molecule has 0 spiro atoms. The Labute approximate surface area is 180 Å². The highest BCUT2D eigenvalue weighted by molar-refractivity contribution is 6.35. The third-order valence-electron chi connectivity index (χ3n) is 4.33. The van der Waals surface area contributed by atoms with E-state index in [1.54, 1.807) is 6.92 Å². The fourth-order valence-corrected chi connectivity index (χ4v) is 2.72. The minimum absolute atomic E-state index is 0.0457. The van der Waals surface area contributed by atoms with E-state index in [0.717, 1.165) is 11.1 Å². The molecule has 164 valence electrons. The number of ether oxygens (including phenoxy) is 2. The Morgan fingerprint density at radius 3 is 2.00 bits per heavy atom. The summed E-state index contributed by atoms with van der Waals surface area (Å²) in [6.07, 6.45) is -0.600. The average Bonchev–Trinajstić information content (AvgIpc) is 2.78. The van der Waals surface area contributed by atoms with E-state index in [9.17, 15) is 19.2 Å². The second-order valence-corrected chi connectivity index (χ2v) is 6.76. The van der Waals surface area contributed by atoms with Crippen molar-refractivity contribution in [1.29, 1.82) is 0 Å². The van der Waals surface area contributed by atoms with Gasteiger partial charge in [0, 0.05) is 6.42 Å². The van der Waals surface area contributed by atoms with Crippen molar-refractivity contribution in [3.63, 3.8) is 0 Å². The molecular weight excluding hydrogens is 400 g/mol. The highest BCUT2D eigenvalue weighted by atomic mass is 16.5. The Morgan fingerprint density at radius 1 is 0.839 bits per heavy atom. The summed E-state index contributed by atoms with van der Waals surface area (Å²) in [5, 5.41) is 4.99. The summed E-state index contributed by atoms with van der Waals surface area (Å²) in [6.45, 7) is 3.06. The van der Waals surface area contributed by atoms with Gasteiger partial charge in [-0.05, 0) is 25.0 Å². The molecule has 2 rings (SSSR count). The number of esters is 1. The van der Waals surface area contributed by atoms with Crippen LogP contribution >= 0.6 is 0 Å². The highest BCUT2D eigenvalue weighted by Gasteiger charge is 2.28. The Hall–Kier alpha value is -3.68. The summed E-state index contributed by atoms with van der Waals surface area (Å²) in [5.41, 5.74) is 1.60. The van der Waals surface area contributed by atoms with Gasteiger partial charge in [0.2, 0.25) is 5.91 Å². The summed E-state index contributed by atoms with van der Waals surface area (Å²) >= 11 is 0. The van der Waals surface area contributed by atoms with Crippen LogP contribution in [0.3, 0.4) is 0 Å². The van der Waals surface area contributed by atoms with Crippen molar-refractivity contribution in [2.45, 2.75) is 39.0 Å². The topological polar surface area (TPSA) is 111 Å². The van der Waals surface area contributed by atoms with Gasteiger partial charge in [-0.3, -0.25) is 9.59 Å². The molecule has 0 fully saturated rings. The van der Waals surface area contributed by atoms with Crippen molar-refractivity contribution in [2.24, 2.45) is 0 Å². The Bertz CT molecular complexity index is 885. The van der Waals surface area contributed by atoms with Crippen LogP contribution in [0.25, 0.3) is 0 Å². The van der Waals surface area contributed by atoms with Crippen molar-refractivity contribution in [3.05, 3.63) is 71.8 Å². The molecule has 2 aromatic carbocycles. The standard InChI is InChI=1S/C23H26N2O6/c1-3-30-22(28)20(26)16(2)24-21(27)19(14-17-10-6-4-7-11-17)25-23(29)31-15-18-12-8-5-9-13-18/h4-13,16,19H,3,14-15H2,1-2H3,(H,24,27)(H,25,29)/t16?,19-/m0/s1. The molecule has 2 amide bonds. The van der Waals surface area contributed by atoms with Crippen LogP contribution in [-0.4, -0.2) is 42.4 Å². The van der Waals surface area contributed by atoms with E-state index < -0.39 is 35.8 Å². The van der Waals surface area contributed by atoms with Crippen LogP contribution in [0.5, 0.6) is 0 Å². The Balaban J connectivity index is 2.03.